The summed E-state index contributed by atoms with van der Waals surface area (Å²) in [5, 5.41) is 17.4. The van der Waals surface area contributed by atoms with Crippen LogP contribution in [0.25, 0.3) is 5.65 Å². The average Bonchev–Trinajstić information content (AvgIpc) is 2.96. The molecule has 28 heavy (non-hydrogen) atoms. The summed E-state index contributed by atoms with van der Waals surface area (Å²) in [4.78, 5) is 17.1. The van der Waals surface area contributed by atoms with Gasteiger partial charge in [-0.3, -0.25) is 4.79 Å². The molecule has 1 aromatic carbocycles. The van der Waals surface area contributed by atoms with Crippen LogP contribution in [-0.2, 0) is 16.6 Å². The Morgan fingerprint density at radius 1 is 1.18 bits per heavy atom. The number of aromatic nitrogens is 3. The van der Waals surface area contributed by atoms with Crippen molar-refractivity contribution in [2.24, 2.45) is 0 Å². The number of amides is 1. The fourth-order valence-electron chi connectivity index (χ4n) is 3.36. The lowest BCUT2D eigenvalue weighted by molar-refractivity contribution is -0.116. The van der Waals surface area contributed by atoms with E-state index < -0.39 is 0 Å². The third-order valence-electron chi connectivity index (χ3n) is 5.02. The Morgan fingerprint density at radius 2 is 1.89 bits per heavy atom. The first kappa shape index (κ1) is 19.9. The summed E-state index contributed by atoms with van der Waals surface area (Å²) in [6.45, 7) is 12.2. The van der Waals surface area contributed by atoms with Crippen molar-refractivity contribution < 1.29 is 9.90 Å². The Balaban J connectivity index is 1.76. The molecule has 6 heteroatoms. The number of phenols is 1. The molecule has 0 fully saturated rings. The summed E-state index contributed by atoms with van der Waals surface area (Å²) in [5.74, 6) is -0.0688. The number of fused-ring (bicyclic) bond motifs is 1. The first-order valence-electron chi connectivity index (χ1n) is 9.52. The minimum atomic E-state index is -0.142. The standard InChI is InChI=1S/C22H28N4O2/c1-13-11-20-23-14(2)17(15(3)26(20)25-13)8-10-21(28)24-18-12-16(22(4,5)6)7-9-19(18)27/h7,9,11-12,27H,8,10H2,1-6H3,(H,24,28). The summed E-state index contributed by atoms with van der Waals surface area (Å²) in [7, 11) is 0. The van der Waals surface area contributed by atoms with Crippen LogP contribution in [0.2, 0.25) is 0 Å². The van der Waals surface area contributed by atoms with Crippen molar-refractivity contribution in [2.75, 3.05) is 5.32 Å². The van der Waals surface area contributed by atoms with Crippen molar-refractivity contribution in [3.63, 3.8) is 0 Å². The van der Waals surface area contributed by atoms with Crippen molar-refractivity contribution in [1.82, 2.24) is 14.6 Å². The van der Waals surface area contributed by atoms with E-state index in [0.717, 1.165) is 33.9 Å². The van der Waals surface area contributed by atoms with E-state index in [4.69, 9.17) is 0 Å². The Labute approximate surface area is 165 Å². The number of nitrogens with zero attached hydrogens (tertiary/aromatic N) is 3. The van der Waals surface area contributed by atoms with Crippen molar-refractivity contribution in [3.05, 3.63) is 52.5 Å². The number of carbonyl (C=O) groups is 1. The summed E-state index contributed by atoms with van der Waals surface area (Å²) in [6.07, 6.45) is 0.860. The molecule has 0 radical (unpaired) electrons. The SMILES string of the molecule is Cc1cc2nc(C)c(CCC(=O)Nc3cc(C(C)(C)C)ccc3O)c(C)n2n1. The predicted octanol–water partition coefficient (Wildman–Crippen LogP) is 4.23. The molecule has 0 atom stereocenters. The van der Waals surface area contributed by atoms with Gasteiger partial charge in [-0.15, -0.1) is 0 Å². The van der Waals surface area contributed by atoms with E-state index in [9.17, 15) is 9.90 Å². The van der Waals surface area contributed by atoms with Gasteiger partial charge in [0.15, 0.2) is 5.65 Å². The van der Waals surface area contributed by atoms with Gasteiger partial charge in [-0.05, 0) is 55.9 Å². The van der Waals surface area contributed by atoms with Crippen LogP contribution in [0, 0.1) is 20.8 Å². The molecule has 0 unspecified atom stereocenters. The first-order valence-corrected chi connectivity index (χ1v) is 9.52. The number of nitrogens with one attached hydrogen (secondary N) is 1. The highest BCUT2D eigenvalue weighted by atomic mass is 16.3. The summed E-state index contributed by atoms with van der Waals surface area (Å²) in [6, 6.07) is 7.29. The molecule has 0 saturated heterocycles. The van der Waals surface area contributed by atoms with Gasteiger partial charge in [0.2, 0.25) is 5.91 Å². The van der Waals surface area contributed by atoms with Crippen LogP contribution in [-0.4, -0.2) is 25.6 Å². The quantitative estimate of drug-likeness (QED) is 0.664. The highest BCUT2D eigenvalue weighted by Gasteiger charge is 2.17. The second-order valence-corrected chi connectivity index (χ2v) is 8.35. The maximum Gasteiger partial charge on any atom is 0.224 e. The van der Waals surface area contributed by atoms with Gasteiger partial charge >= 0.3 is 0 Å². The molecule has 0 spiro atoms. The van der Waals surface area contributed by atoms with Crippen LogP contribution in [0.1, 0.15) is 55.4 Å². The number of anilines is 1. The number of rotatable bonds is 4. The molecule has 6 nitrogen and oxygen atoms in total. The highest BCUT2D eigenvalue weighted by molar-refractivity contribution is 5.92. The van der Waals surface area contributed by atoms with Crippen LogP contribution < -0.4 is 5.32 Å². The first-order chi connectivity index (χ1) is 13.1. The van der Waals surface area contributed by atoms with Gasteiger partial charge in [0.05, 0.1) is 11.4 Å². The van der Waals surface area contributed by atoms with Crippen molar-refractivity contribution in [3.8, 4) is 5.75 Å². The number of hydrogen-bond acceptors (Lipinski definition) is 4. The smallest absolute Gasteiger partial charge is 0.224 e. The molecule has 2 aromatic heterocycles. The lowest BCUT2D eigenvalue weighted by Crippen LogP contribution is -2.16. The molecule has 0 aliphatic heterocycles. The van der Waals surface area contributed by atoms with E-state index in [1.165, 1.54) is 0 Å². The normalized spacial score (nSPS) is 11.8. The van der Waals surface area contributed by atoms with Crippen LogP contribution in [0.5, 0.6) is 5.75 Å². The van der Waals surface area contributed by atoms with E-state index >= 15 is 0 Å². The summed E-state index contributed by atoms with van der Waals surface area (Å²) >= 11 is 0. The highest BCUT2D eigenvalue weighted by Crippen LogP contribution is 2.31. The van der Waals surface area contributed by atoms with E-state index in [0.29, 0.717) is 18.5 Å². The molecule has 0 aliphatic carbocycles. The fourth-order valence-corrected chi connectivity index (χ4v) is 3.36. The number of benzene rings is 1. The van der Waals surface area contributed by atoms with Gasteiger partial charge < -0.3 is 10.4 Å². The number of aromatic hydroxyl groups is 1. The fraction of sp³-hybridized carbons (Fsp3) is 0.409. The zero-order valence-electron chi connectivity index (χ0n) is 17.4. The topological polar surface area (TPSA) is 79.5 Å². The Kier molecular flexibility index (Phi) is 5.15. The summed E-state index contributed by atoms with van der Waals surface area (Å²) < 4.78 is 1.83. The molecular formula is C22H28N4O2. The van der Waals surface area contributed by atoms with Crippen molar-refractivity contribution in [1.29, 1.82) is 0 Å². The van der Waals surface area contributed by atoms with Gasteiger partial charge in [0, 0.05) is 23.9 Å². The van der Waals surface area contributed by atoms with Crippen molar-refractivity contribution >= 4 is 17.2 Å². The Hall–Kier alpha value is -2.89. The Morgan fingerprint density at radius 3 is 2.57 bits per heavy atom. The molecule has 3 aromatic rings. The molecule has 0 bridgehead atoms. The van der Waals surface area contributed by atoms with Crippen LogP contribution >= 0.6 is 0 Å². The monoisotopic (exact) mass is 380 g/mol. The second-order valence-electron chi connectivity index (χ2n) is 8.35. The van der Waals surface area contributed by atoms with Crippen LogP contribution in [0.4, 0.5) is 5.69 Å². The average molecular weight is 380 g/mol. The maximum absolute atomic E-state index is 12.5. The van der Waals surface area contributed by atoms with Gasteiger partial charge in [-0.1, -0.05) is 26.8 Å². The maximum atomic E-state index is 12.5. The third-order valence-corrected chi connectivity index (χ3v) is 5.02. The van der Waals surface area contributed by atoms with Crippen LogP contribution in [0.3, 0.4) is 0 Å². The van der Waals surface area contributed by atoms with E-state index in [-0.39, 0.29) is 17.1 Å². The minimum absolute atomic E-state index is 0.0651. The van der Waals surface area contributed by atoms with Gasteiger partial charge in [-0.25, -0.2) is 9.50 Å². The van der Waals surface area contributed by atoms with Crippen molar-refractivity contribution in [2.45, 2.75) is 59.8 Å². The molecule has 0 saturated carbocycles. The molecule has 2 N–H and O–H groups in total. The lowest BCUT2D eigenvalue weighted by atomic mass is 9.87. The van der Waals surface area contributed by atoms with Crippen LogP contribution in [0.15, 0.2) is 24.3 Å². The van der Waals surface area contributed by atoms with E-state index in [1.807, 2.05) is 43.5 Å². The number of hydrogen-bond donors (Lipinski definition) is 2. The third kappa shape index (κ3) is 4.01. The lowest BCUT2D eigenvalue weighted by Gasteiger charge is -2.20. The zero-order chi connectivity index (χ0) is 20.6. The molecule has 1 amide bonds. The number of carbonyl (C=O) groups excluding carboxylic acids is 1. The zero-order valence-corrected chi connectivity index (χ0v) is 17.4. The van der Waals surface area contributed by atoms with Gasteiger partial charge in [0.25, 0.3) is 0 Å². The molecule has 148 valence electrons. The van der Waals surface area contributed by atoms with E-state index in [2.05, 4.69) is 36.2 Å². The minimum Gasteiger partial charge on any atom is -0.506 e. The number of phenolic OH excluding ortho intramolecular Hbond substituents is 1. The molecular weight excluding hydrogens is 352 g/mol. The molecule has 2 heterocycles. The molecule has 0 aliphatic rings. The van der Waals surface area contributed by atoms with E-state index in [1.54, 1.807) is 6.07 Å². The largest absolute Gasteiger partial charge is 0.506 e. The summed E-state index contributed by atoms with van der Waals surface area (Å²) in [5.41, 5.74) is 6.11. The predicted molar refractivity (Wildman–Crippen MR) is 111 cm³/mol. The van der Waals surface area contributed by atoms with Gasteiger partial charge in [0.1, 0.15) is 5.75 Å². The number of aryl methyl sites for hydroxylation is 3. The molecule has 3 rings (SSSR count). The van der Waals surface area contributed by atoms with Gasteiger partial charge in [-0.2, -0.15) is 5.10 Å². The Bertz CT molecular complexity index is 1040. The second kappa shape index (κ2) is 7.26.